The van der Waals surface area contributed by atoms with Crippen LogP contribution < -0.4 is 0 Å². The molecule has 218 valence electrons. The summed E-state index contributed by atoms with van der Waals surface area (Å²) in [6.45, 7) is 18.6. The Labute approximate surface area is 241 Å². The highest BCUT2D eigenvalue weighted by Gasteiger charge is 2.50. The maximum Gasteiger partial charge on any atom is 0.338 e. The van der Waals surface area contributed by atoms with E-state index in [4.69, 9.17) is 9.47 Å². The van der Waals surface area contributed by atoms with Gasteiger partial charge in [-0.25, -0.2) is 9.59 Å². The lowest BCUT2D eigenvalue weighted by molar-refractivity contribution is 0.0318. The molecule has 2 saturated heterocycles. The van der Waals surface area contributed by atoms with Crippen LogP contribution in [0.5, 0.6) is 0 Å². The highest BCUT2D eigenvalue weighted by Crippen LogP contribution is 2.44. The van der Waals surface area contributed by atoms with Gasteiger partial charge in [-0.1, -0.05) is 24.3 Å². The highest BCUT2D eigenvalue weighted by molar-refractivity contribution is 5.91. The van der Waals surface area contributed by atoms with E-state index in [1.807, 2.05) is 24.3 Å². The average molecular weight is 549 g/mol. The molecule has 0 radical (unpaired) electrons. The van der Waals surface area contributed by atoms with Crippen LogP contribution in [0.2, 0.25) is 0 Å². The van der Waals surface area contributed by atoms with Gasteiger partial charge < -0.3 is 9.47 Å². The number of likely N-dealkylation sites (tertiary alicyclic amines) is 2. The van der Waals surface area contributed by atoms with Gasteiger partial charge in [0, 0.05) is 34.0 Å². The van der Waals surface area contributed by atoms with Gasteiger partial charge in [-0.2, -0.15) is 0 Å². The van der Waals surface area contributed by atoms with Crippen molar-refractivity contribution in [3.05, 3.63) is 59.7 Å². The number of ether oxygens (including phenoxy) is 2. The highest BCUT2D eigenvalue weighted by atomic mass is 16.5. The monoisotopic (exact) mass is 548 g/mol. The molecular formula is C34H48N2O4. The van der Waals surface area contributed by atoms with Gasteiger partial charge in [0.15, 0.2) is 0 Å². The van der Waals surface area contributed by atoms with Crippen LogP contribution in [0, 0.1) is 11.8 Å². The molecule has 0 N–H and O–H groups in total. The van der Waals surface area contributed by atoms with Crippen molar-refractivity contribution in [1.82, 2.24) is 9.80 Å². The number of benzene rings is 2. The molecule has 0 bridgehead atoms. The zero-order valence-corrected chi connectivity index (χ0v) is 26.1. The van der Waals surface area contributed by atoms with Crippen LogP contribution >= 0.6 is 0 Å². The number of carbonyl (C=O) groups is 2. The van der Waals surface area contributed by atoms with E-state index in [0.717, 1.165) is 24.0 Å². The second-order valence-electron chi connectivity index (χ2n) is 14.2. The first-order valence-electron chi connectivity index (χ1n) is 14.5. The number of nitrogens with zero attached hydrogens (tertiary/aromatic N) is 2. The predicted octanol–water partition coefficient (Wildman–Crippen LogP) is 6.69. The first-order valence-corrected chi connectivity index (χ1v) is 14.5. The second kappa shape index (κ2) is 10.6. The molecule has 40 heavy (non-hydrogen) atoms. The van der Waals surface area contributed by atoms with Crippen molar-refractivity contribution in [2.24, 2.45) is 11.8 Å². The molecule has 0 saturated carbocycles. The summed E-state index contributed by atoms with van der Waals surface area (Å²) in [6.07, 6.45) is 1.97. The van der Waals surface area contributed by atoms with Crippen molar-refractivity contribution >= 4 is 11.9 Å². The second-order valence-corrected chi connectivity index (χ2v) is 14.2. The minimum Gasteiger partial charge on any atom is -0.462 e. The van der Waals surface area contributed by atoms with Gasteiger partial charge in [-0.3, -0.25) is 9.80 Å². The summed E-state index contributed by atoms with van der Waals surface area (Å²) in [5.74, 6) is -0.0434. The molecule has 2 heterocycles. The van der Waals surface area contributed by atoms with Crippen LogP contribution in [-0.4, -0.2) is 71.2 Å². The molecule has 2 aromatic carbocycles. The molecule has 0 spiro atoms. The van der Waals surface area contributed by atoms with E-state index >= 15 is 0 Å². The Hall–Kier alpha value is -2.70. The van der Waals surface area contributed by atoms with Crippen LogP contribution in [0.3, 0.4) is 0 Å². The fraction of sp³-hybridized carbons (Fsp3) is 0.588. The Morgan fingerprint density at radius 3 is 1.18 bits per heavy atom. The van der Waals surface area contributed by atoms with E-state index in [1.54, 1.807) is 24.3 Å². The normalized spacial score (nSPS) is 25.1. The Morgan fingerprint density at radius 1 is 0.625 bits per heavy atom. The zero-order chi connectivity index (χ0) is 29.7. The molecule has 0 amide bonds. The third-order valence-electron chi connectivity index (χ3n) is 10.4. The molecule has 2 aliphatic heterocycles. The first kappa shape index (κ1) is 30.3. The van der Waals surface area contributed by atoms with Gasteiger partial charge in [0.25, 0.3) is 0 Å². The molecule has 0 aromatic heterocycles. The SMILES string of the molecule is CN1C(C)(C)CC(COC(=O)c2ccc(-c3ccc(C(=O)OCC4CC(C)(C)N(C)C4(C)C)cc3)cc2)C1(C)C. The fourth-order valence-electron chi connectivity index (χ4n) is 6.73. The van der Waals surface area contributed by atoms with Crippen LogP contribution in [0.25, 0.3) is 11.1 Å². The summed E-state index contributed by atoms with van der Waals surface area (Å²) in [5, 5.41) is 0. The Kier molecular flexibility index (Phi) is 8.03. The van der Waals surface area contributed by atoms with E-state index < -0.39 is 0 Å². The third kappa shape index (κ3) is 5.71. The van der Waals surface area contributed by atoms with Crippen molar-refractivity contribution in [2.75, 3.05) is 27.3 Å². The maximum absolute atomic E-state index is 12.8. The standard InChI is InChI=1S/C34H48N2O4/c1-31(2)19-27(33(5,6)35(31)9)21-39-29(37)25-15-11-23(12-16-25)24-13-17-26(18-14-24)30(38)40-22-28-20-32(3,4)36(10)34(28,7)8/h11-18,27-28H,19-22H2,1-10H3. The molecule has 4 rings (SSSR count). The largest absolute Gasteiger partial charge is 0.462 e. The Morgan fingerprint density at radius 2 is 0.925 bits per heavy atom. The van der Waals surface area contributed by atoms with Crippen molar-refractivity contribution in [3.8, 4) is 11.1 Å². The zero-order valence-electron chi connectivity index (χ0n) is 26.1. The number of hydrogen-bond acceptors (Lipinski definition) is 6. The molecule has 2 aliphatic rings. The van der Waals surface area contributed by atoms with Crippen LogP contribution in [0.1, 0.15) is 88.9 Å². The van der Waals surface area contributed by atoms with Gasteiger partial charge in [0.2, 0.25) is 0 Å². The molecular weight excluding hydrogens is 500 g/mol. The number of esters is 2. The van der Waals surface area contributed by atoms with Gasteiger partial charge in [0.1, 0.15) is 0 Å². The van der Waals surface area contributed by atoms with Gasteiger partial charge >= 0.3 is 11.9 Å². The molecule has 2 aromatic rings. The maximum atomic E-state index is 12.8. The van der Waals surface area contributed by atoms with Crippen molar-refractivity contribution in [1.29, 1.82) is 0 Å². The quantitative estimate of drug-likeness (QED) is 0.360. The Bertz CT molecular complexity index is 1130. The van der Waals surface area contributed by atoms with Crippen LogP contribution in [0.15, 0.2) is 48.5 Å². The summed E-state index contributed by atoms with van der Waals surface area (Å²) < 4.78 is 11.5. The van der Waals surface area contributed by atoms with Crippen molar-refractivity contribution in [3.63, 3.8) is 0 Å². The molecule has 6 heteroatoms. The van der Waals surface area contributed by atoms with E-state index in [1.165, 1.54) is 0 Å². The number of carbonyl (C=O) groups excluding carboxylic acids is 2. The summed E-state index contributed by atoms with van der Waals surface area (Å²) in [5.41, 5.74) is 3.10. The number of hydrogen-bond donors (Lipinski definition) is 0. The van der Waals surface area contributed by atoms with E-state index in [-0.39, 0.29) is 45.9 Å². The molecule has 2 unspecified atom stereocenters. The molecule has 0 aliphatic carbocycles. The fourth-order valence-corrected chi connectivity index (χ4v) is 6.73. The lowest BCUT2D eigenvalue weighted by Gasteiger charge is -2.38. The minimum atomic E-state index is -0.298. The average Bonchev–Trinajstić information content (AvgIpc) is 3.17. The van der Waals surface area contributed by atoms with Crippen molar-refractivity contribution in [2.45, 2.75) is 90.4 Å². The summed E-state index contributed by atoms with van der Waals surface area (Å²) in [7, 11) is 4.29. The predicted molar refractivity (Wildman–Crippen MR) is 160 cm³/mol. The first-order chi connectivity index (χ1) is 18.5. The number of rotatable bonds is 7. The van der Waals surface area contributed by atoms with Crippen LogP contribution in [-0.2, 0) is 9.47 Å². The van der Waals surface area contributed by atoms with E-state index in [9.17, 15) is 9.59 Å². The minimum absolute atomic E-state index is 0.0348. The third-order valence-corrected chi connectivity index (χ3v) is 10.4. The summed E-state index contributed by atoms with van der Waals surface area (Å²) in [6, 6.07) is 14.9. The summed E-state index contributed by atoms with van der Waals surface area (Å²) >= 11 is 0. The van der Waals surface area contributed by atoms with Crippen LogP contribution in [0.4, 0.5) is 0 Å². The van der Waals surface area contributed by atoms with E-state index in [2.05, 4.69) is 79.3 Å². The summed E-state index contributed by atoms with van der Waals surface area (Å²) in [4.78, 5) is 30.3. The molecule has 2 fully saturated rings. The smallest absolute Gasteiger partial charge is 0.338 e. The molecule has 6 nitrogen and oxygen atoms in total. The Balaban J connectivity index is 1.32. The van der Waals surface area contributed by atoms with E-state index in [0.29, 0.717) is 24.3 Å². The van der Waals surface area contributed by atoms with Gasteiger partial charge in [-0.15, -0.1) is 0 Å². The van der Waals surface area contributed by atoms with Gasteiger partial charge in [-0.05, 0) is 118 Å². The lowest BCUT2D eigenvalue weighted by atomic mass is 9.87. The topological polar surface area (TPSA) is 59.1 Å². The van der Waals surface area contributed by atoms with Crippen molar-refractivity contribution < 1.29 is 19.1 Å². The molecule has 2 atom stereocenters. The van der Waals surface area contributed by atoms with Gasteiger partial charge in [0.05, 0.1) is 24.3 Å². The lowest BCUT2D eigenvalue weighted by Crippen LogP contribution is -2.47.